The first-order valence-corrected chi connectivity index (χ1v) is 7.04. The summed E-state index contributed by atoms with van der Waals surface area (Å²) in [5.74, 6) is 0.732. The van der Waals surface area contributed by atoms with Gasteiger partial charge in [-0.25, -0.2) is 0 Å². The summed E-state index contributed by atoms with van der Waals surface area (Å²) < 4.78 is 0. The van der Waals surface area contributed by atoms with Crippen LogP contribution in [0.5, 0.6) is 0 Å². The van der Waals surface area contributed by atoms with E-state index in [4.69, 9.17) is 0 Å². The lowest BCUT2D eigenvalue weighted by Crippen LogP contribution is -2.44. The van der Waals surface area contributed by atoms with E-state index in [1.807, 2.05) is 0 Å². The first kappa shape index (κ1) is 15.9. The second-order valence-electron chi connectivity index (χ2n) is 5.20. The third kappa shape index (κ3) is 7.24. The molecule has 0 rings (SSSR count). The van der Waals surface area contributed by atoms with E-state index < -0.39 is 0 Å². The van der Waals surface area contributed by atoms with Crippen LogP contribution in [0.1, 0.15) is 53.4 Å². The van der Waals surface area contributed by atoms with Gasteiger partial charge in [-0.1, -0.05) is 40.5 Å². The molecule has 0 aliphatic heterocycles. The number of nitrogens with one attached hydrogen (secondary N) is 1. The van der Waals surface area contributed by atoms with Crippen molar-refractivity contribution in [3.05, 3.63) is 0 Å². The van der Waals surface area contributed by atoms with Crippen LogP contribution in [0.3, 0.4) is 0 Å². The maximum atomic E-state index is 3.55. The maximum Gasteiger partial charge on any atom is 0.0240 e. The SMILES string of the molecule is CCCCCN(C)C(CNCCC)C(C)C. The Hall–Kier alpha value is -0.0800. The van der Waals surface area contributed by atoms with Gasteiger partial charge in [0.1, 0.15) is 0 Å². The van der Waals surface area contributed by atoms with Crippen molar-refractivity contribution in [1.29, 1.82) is 0 Å². The molecule has 0 aliphatic rings. The largest absolute Gasteiger partial charge is 0.315 e. The van der Waals surface area contributed by atoms with Crippen molar-refractivity contribution in [3.8, 4) is 0 Å². The summed E-state index contributed by atoms with van der Waals surface area (Å²) >= 11 is 0. The van der Waals surface area contributed by atoms with Crippen molar-refractivity contribution >= 4 is 0 Å². The van der Waals surface area contributed by atoms with Crippen LogP contribution in [0.25, 0.3) is 0 Å². The van der Waals surface area contributed by atoms with Gasteiger partial charge in [-0.05, 0) is 38.9 Å². The van der Waals surface area contributed by atoms with Crippen LogP contribution in [-0.2, 0) is 0 Å². The number of rotatable bonds is 10. The number of nitrogens with zero attached hydrogens (tertiary/aromatic N) is 1. The summed E-state index contributed by atoms with van der Waals surface area (Å²) in [7, 11) is 2.27. The predicted molar refractivity (Wildman–Crippen MR) is 73.9 cm³/mol. The molecule has 2 heteroatoms. The van der Waals surface area contributed by atoms with E-state index in [1.54, 1.807) is 0 Å². The summed E-state index contributed by atoms with van der Waals surface area (Å²) in [6, 6.07) is 0.684. The van der Waals surface area contributed by atoms with Gasteiger partial charge in [-0.3, -0.25) is 0 Å². The molecule has 0 aromatic rings. The molecule has 1 atom stereocenters. The molecule has 0 aromatic carbocycles. The van der Waals surface area contributed by atoms with E-state index in [2.05, 4.69) is 45.0 Å². The minimum atomic E-state index is 0.684. The Morgan fingerprint density at radius 2 is 1.75 bits per heavy atom. The van der Waals surface area contributed by atoms with Gasteiger partial charge in [0.05, 0.1) is 0 Å². The molecule has 0 bridgehead atoms. The minimum absolute atomic E-state index is 0.684. The Labute approximate surface area is 103 Å². The molecule has 16 heavy (non-hydrogen) atoms. The predicted octanol–water partition coefficient (Wildman–Crippen LogP) is 3.13. The van der Waals surface area contributed by atoms with E-state index in [0.717, 1.165) is 19.0 Å². The highest BCUT2D eigenvalue weighted by Gasteiger charge is 2.17. The fourth-order valence-corrected chi connectivity index (χ4v) is 2.10. The normalized spacial score (nSPS) is 13.7. The number of likely N-dealkylation sites (N-methyl/N-ethyl adjacent to an activating group) is 1. The lowest BCUT2D eigenvalue weighted by Gasteiger charge is -2.31. The average Bonchev–Trinajstić information content (AvgIpc) is 2.24. The Morgan fingerprint density at radius 3 is 2.25 bits per heavy atom. The maximum absolute atomic E-state index is 3.55. The molecule has 1 N–H and O–H groups in total. The van der Waals surface area contributed by atoms with Gasteiger partial charge in [0.25, 0.3) is 0 Å². The zero-order valence-electron chi connectivity index (χ0n) is 12.1. The zero-order valence-corrected chi connectivity index (χ0v) is 12.1. The Kier molecular flexibility index (Phi) is 10.0. The quantitative estimate of drug-likeness (QED) is 0.578. The summed E-state index contributed by atoms with van der Waals surface area (Å²) in [4.78, 5) is 2.53. The van der Waals surface area contributed by atoms with Crippen molar-refractivity contribution in [2.24, 2.45) is 5.92 Å². The minimum Gasteiger partial charge on any atom is -0.315 e. The van der Waals surface area contributed by atoms with Crippen LogP contribution in [0.4, 0.5) is 0 Å². The molecule has 0 aliphatic carbocycles. The zero-order chi connectivity index (χ0) is 12.4. The van der Waals surface area contributed by atoms with Crippen LogP contribution in [0, 0.1) is 5.92 Å². The van der Waals surface area contributed by atoms with Gasteiger partial charge < -0.3 is 10.2 Å². The van der Waals surface area contributed by atoms with Gasteiger partial charge in [0.2, 0.25) is 0 Å². The highest BCUT2D eigenvalue weighted by Crippen LogP contribution is 2.09. The van der Waals surface area contributed by atoms with Crippen LogP contribution < -0.4 is 5.32 Å². The molecule has 0 radical (unpaired) electrons. The van der Waals surface area contributed by atoms with Crippen LogP contribution in [0.15, 0.2) is 0 Å². The molecule has 0 aromatic heterocycles. The number of unbranched alkanes of at least 4 members (excludes halogenated alkanes) is 2. The van der Waals surface area contributed by atoms with Crippen molar-refractivity contribution in [2.45, 2.75) is 59.4 Å². The Morgan fingerprint density at radius 1 is 1.06 bits per heavy atom. The highest BCUT2D eigenvalue weighted by molar-refractivity contribution is 4.74. The van der Waals surface area contributed by atoms with Crippen LogP contribution in [-0.4, -0.2) is 37.6 Å². The van der Waals surface area contributed by atoms with Crippen LogP contribution >= 0.6 is 0 Å². The molecule has 0 fully saturated rings. The molecule has 2 nitrogen and oxygen atoms in total. The summed E-state index contributed by atoms with van der Waals surface area (Å²) in [5, 5.41) is 3.55. The van der Waals surface area contributed by atoms with Crippen LogP contribution in [0.2, 0.25) is 0 Å². The first-order chi connectivity index (χ1) is 7.63. The second-order valence-corrected chi connectivity index (χ2v) is 5.20. The molecule has 1 unspecified atom stereocenters. The van der Waals surface area contributed by atoms with E-state index >= 15 is 0 Å². The summed E-state index contributed by atoms with van der Waals surface area (Å²) in [6.45, 7) is 12.7. The third-order valence-electron chi connectivity index (χ3n) is 3.23. The number of hydrogen-bond donors (Lipinski definition) is 1. The molecule has 0 amide bonds. The Bertz CT molecular complexity index is 146. The monoisotopic (exact) mass is 228 g/mol. The standard InChI is InChI=1S/C14H32N2/c1-6-8-9-11-16(5)14(13(3)4)12-15-10-7-2/h13-15H,6-12H2,1-5H3. The van der Waals surface area contributed by atoms with Gasteiger partial charge >= 0.3 is 0 Å². The second kappa shape index (κ2) is 10.1. The van der Waals surface area contributed by atoms with Gasteiger partial charge in [-0.15, -0.1) is 0 Å². The van der Waals surface area contributed by atoms with Crippen molar-refractivity contribution in [2.75, 3.05) is 26.7 Å². The summed E-state index contributed by atoms with van der Waals surface area (Å²) in [6.07, 6.45) is 5.24. The smallest absolute Gasteiger partial charge is 0.0240 e. The third-order valence-corrected chi connectivity index (χ3v) is 3.23. The number of hydrogen-bond acceptors (Lipinski definition) is 2. The fourth-order valence-electron chi connectivity index (χ4n) is 2.10. The lowest BCUT2D eigenvalue weighted by molar-refractivity contribution is 0.184. The van der Waals surface area contributed by atoms with Gasteiger partial charge in [0, 0.05) is 12.6 Å². The average molecular weight is 228 g/mol. The fraction of sp³-hybridized carbons (Fsp3) is 1.00. The molecular formula is C14H32N2. The lowest BCUT2D eigenvalue weighted by atomic mass is 10.0. The topological polar surface area (TPSA) is 15.3 Å². The van der Waals surface area contributed by atoms with Crippen molar-refractivity contribution < 1.29 is 0 Å². The van der Waals surface area contributed by atoms with E-state index in [-0.39, 0.29) is 0 Å². The highest BCUT2D eigenvalue weighted by atomic mass is 15.1. The Balaban J connectivity index is 3.88. The molecule has 0 heterocycles. The molecule has 0 saturated carbocycles. The van der Waals surface area contributed by atoms with Gasteiger partial charge in [-0.2, -0.15) is 0 Å². The first-order valence-electron chi connectivity index (χ1n) is 7.04. The molecule has 0 spiro atoms. The van der Waals surface area contributed by atoms with Crippen molar-refractivity contribution in [1.82, 2.24) is 10.2 Å². The van der Waals surface area contributed by atoms with E-state index in [9.17, 15) is 0 Å². The van der Waals surface area contributed by atoms with E-state index in [1.165, 1.54) is 32.2 Å². The van der Waals surface area contributed by atoms with E-state index in [0.29, 0.717) is 6.04 Å². The molecule has 0 saturated heterocycles. The van der Waals surface area contributed by atoms with Gasteiger partial charge in [0.15, 0.2) is 0 Å². The molecule has 98 valence electrons. The molecular weight excluding hydrogens is 196 g/mol. The summed E-state index contributed by atoms with van der Waals surface area (Å²) in [5.41, 5.74) is 0. The van der Waals surface area contributed by atoms with Crippen molar-refractivity contribution in [3.63, 3.8) is 0 Å².